The van der Waals surface area contributed by atoms with E-state index in [-0.39, 0.29) is 5.56 Å². The predicted molar refractivity (Wildman–Crippen MR) is 89.0 cm³/mol. The fourth-order valence-corrected chi connectivity index (χ4v) is 2.52. The Morgan fingerprint density at radius 2 is 1.88 bits per heavy atom. The van der Waals surface area contributed by atoms with Gasteiger partial charge in [-0.1, -0.05) is 12.1 Å². The zero-order valence-electron chi connectivity index (χ0n) is 12.4. The Morgan fingerprint density at radius 3 is 2.71 bits per heavy atom. The second-order valence-electron chi connectivity index (χ2n) is 5.33. The largest absolute Gasteiger partial charge is 0.340 e. The van der Waals surface area contributed by atoms with Crippen molar-refractivity contribution in [1.82, 2.24) is 15.2 Å². The molecule has 0 aliphatic carbocycles. The molecule has 6 heteroatoms. The molecule has 2 aromatic carbocycles. The molecular formula is C18H12F2N4. The highest BCUT2D eigenvalue weighted by molar-refractivity contribution is 5.82. The fraction of sp³-hybridized carbons (Fsp3) is 0. The standard InChI is InChI=1S/C18H12F2N4/c19-15-3-1-2-14(18(15)20)11-5-7-17(21-9-11)23-13-6-4-12-10-22-24-16(12)8-13/h1-10H,(H,21,23)(H,22,24). The molecule has 2 N–H and O–H groups in total. The molecule has 4 nitrogen and oxygen atoms in total. The second-order valence-corrected chi connectivity index (χ2v) is 5.33. The van der Waals surface area contributed by atoms with Crippen LogP contribution in [-0.4, -0.2) is 15.2 Å². The number of anilines is 2. The summed E-state index contributed by atoms with van der Waals surface area (Å²) < 4.78 is 27.1. The van der Waals surface area contributed by atoms with E-state index in [0.717, 1.165) is 22.7 Å². The summed E-state index contributed by atoms with van der Waals surface area (Å²) in [5.41, 5.74) is 2.47. The normalized spacial score (nSPS) is 10.9. The summed E-state index contributed by atoms with van der Waals surface area (Å²) in [6.45, 7) is 0. The third-order valence-electron chi connectivity index (χ3n) is 3.74. The van der Waals surface area contributed by atoms with Crippen LogP contribution >= 0.6 is 0 Å². The van der Waals surface area contributed by atoms with Crippen LogP contribution in [0.5, 0.6) is 0 Å². The molecule has 0 spiro atoms. The van der Waals surface area contributed by atoms with Crippen LogP contribution in [-0.2, 0) is 0 Å². The average molecular weight is 322 g/mol. The Bertz CT molecular complexity index is 1010. The van der Waals surface area contributed by atoms with Gasteiger partial charge in [0.15, 0.2) is 11.6 Å². The molecule has 0 bridgehead atoms. The van der Waals surface area contributed by atoms with Crippen molar-refractivity contribution < 1.29 is 8.78 Å². The van der Waals surface area contributed by atoms with Crippen molar-refractivity contribution in [2.45, 2.75) is 0 Å². The first-order valence-electron chi connectivity index (χ1n) is 7.31. The monoisotopic (exact) mass is 322 g/mol. The Balaban J connectivity index is 1.60. The first-order valence-corrected chi connectivity index (χ1v) is 7.31. The Kier molecular flexibility index (Phi) is 3.42. The molecule has 0 amide bonds. The highest BCUT2D eigenvalue weighted by atomic mass is 19.2. The molecule has 0 aliphatic rings. The van der Waals surface area contributed by atoms with Crippen LogP contribution < -0.4 is 5.32 Å². The van der Waals surface area contributed by atoms with Crippen molar-refractivity contribution >= 4 is 22.4 Å². The molecule has 4 rings (SSSR count). The molecule has 0 aliphatic heterocycles. The van der Waals surface area contributed by atoms with E-state index in [9.17, 15) is 8.78 Å². The van der Waals surface area contributed by atoms with E-state index in [1.807, 2.05) is 18.2 Å². The minimum Gasteiger partial charge on any atom is -0.340 e. The molecule has 118 valence electrons. The number of H-pyrrole nitrogens is 1. The zero-order chi connectivity index (χ0) is 16.5. The number of nitrogens with zero attached hydrogens (tertiary/aromatic N) is 2. The van der Waals surface area contributed by atoms with Gasteiger partial charge in [-0.15, -0.1) is 0 Å². The maximum absolute atomic E-state index is 13.8. The SMILES string of the molecule is Fc1cccc(-c2ccc(Nc3ccc4cn[nH]c4c3)nc2)c1F. The van der Waals surface area contributed by atoms with E-state index in [2.05, 4.69) is 20.5 Å². The van der Waals surface area contributed by atoms with Gasteiger partial charge in [0, 0.05) is 28.4 Å². The lowest BCUT2D eigenvalue weighted by Gasteiger charge is -2.08. The molecule has 0 radical (unpaired) electrons. The summed E-state index contributed by atoms with van der Waals surface area (Å²) in [6, 6.07) is 13.3. The van der Waals surface area contributed by atoms with Crippen LogP contribution in [0.15, 0.2) is 60.9 Å². The smallest absolute Gasteiger partial charge is 0.166 e. The van der Waals surface area contributed by atoms with Gasteiger partial charge in [0.1, 0.15) is 5.82 Å². The third-order valence-corrected chi connectivity index (χ3v) is 3.74. The molecule has 4 aromatic rings. The highest BCUT2D eigenvalue weighted by Crippen LogP contribution is 2.25. The van der Waals surface area contributed by atoms with Crippen LogP contribution in [0.1, 0.15) is 0 Å². The van der Waals surface area contributed by atoms with Crippen molar-refractivity contribution in [2.24, 2.45) is 0 Å². The predicted octanol–water partition coefficient (Wildman–Crippen LogP) is 4.65. The van der Waals surface area contributed by atoms with Gasteiger partial charge in [0.05, 0.1) is 11.7 Å². The molecule has 24 heavy (non-hydrogen) atoms. The van der Waals surface area contributed by atoms with Crippen LogP contribution in [0.2, 0.25) is 0 Å². The molecule has 0 unspecified atom stereocenters. The third kappa shape index (κ3) is 2.58. The highest BCUT2D eigenvalue weighted by Gasteiger charge is 2.10. The van der Waals surface area contributed by atoms with E-state index in [4.69, 9.17) is 0 Å². The van der Waals surface area contributed by atoms with Crippen molar-refractivity contribution in [3.05, 3.63) is 72.6 Å². The van der Waals surface area contributed by atoms with Crippen LogP contribution in [0.4, 0.5) is 20.3 Å². The van der Waals surface area contributed by atoms with Gasteiger partial charge >= 0.3 is 0 Å². The minimum absolute atomic E-state index is 0.188. The summed E-state index contributed by atoms with van der Waals surface area (Å²) in [6.07, 6.45) is 3.26. The molecule has 0 fully saturated rings. The molecule has 0 saturated carbocycles. The summed E-state index contributed by atoms with van der Waals surface area (Å²) in [4.78, 5) is 4.26. The van der Waals surface area contributed by atoms with E-state index >= 15 is 0 Å². The van der Waals surface area contributed by atoms with Crippen LogP contribution in [0.3, 0.4) is 0 Å². The van der Waals surface area contributed by atoms with Gasteiger partial charge < -0.3 is 5.32 Å². The quantitative estimate of drug-likeness (QED) is 0.577. The summed E-state index contributed by atoms with van der Waals surface area (Å²) in [7, 11) is 0. The van der Waals surface area contributed by atoms with E-state index in [0.29, 0.717) is 11.4 Å². The lowest BCUT2D eigenvalue weighted by atomic mass is 10.1. The maximum atomic E-state index is 13.8. The zero-order valence-corrected chi connectivity index (χ0v) is 12.4. The van der Waals surface area contributed by atoms with Gasteiger partial charge in [-0.3, -0.25) is 5.10 Å². The Morgan fingerprint density at radius 1 is 0.958 bits per heavy atom. The number of rotatable bonds is 3. The van der Waals surface area contributed by atoms with Crippen molar-refractivity contribution in [2.75, 3.05) is 5.32 Å². The topological polar surface area (TPSA) is 53.6 Å². The number of benzene rings is 2. The molecule has 0 saturated heterocycles. The lowest BCUT2D eigenvalue weighted by molar-refractivity contribution is 0.511. The molecule has 0 atom stereocenters. The van der Waals surface area contributed by atoms with Crippen molar-refractivity contribution in [1.29, 1.82) is 0 Å². The van der Waals surface area contributed by atoms with E-state index < -0.39 is 11.6 Å². The first-order chi connectivity index (χ1) is 11.7. The second kappa shape index (κ2) is 5.73. The van der Waals surface area contributed by atoms with E-state index in [1.165, 1.54) is 18.3 Å². The number of fused-ring (bicyclic) bond motifs is 1. The maximum Gasteiger partial charge on any atom is 0.166 e. The van der Waals surface area contributed by atoms with Crippen molar-refractivity contribution in [3.63, 3.8) is 0 Å². The number of hydrogen-bond donors (Lipinski definition) is 2. The van der Waals surface area contributed by atoms with Crippen LogP contribution in [0.25, 0.3) is 22.0 Å². The Labute approximate surface area is 136 Å². The van der Waals surface area contributed by atoms with Crippen molar-refractivity contribution in [3.8, 4) is 11.1 Å². The number of pyridine rings is 1. The van der Waals surface area contributed by atoms with E-state index in [1.54, 1.807) is 18.3 Å². The average Bonchev–Trinajstić information content (AvgIpc) is 3.06. The number of halogens is 2. The number of aromatic amines is 1. The summed E-state index contributed by atoms with van der Waals surface area (Å²) in [5, 5.41) is 11.1. The van der Waals surface area contributed by atoms with Crippen LogP contribution in [0, 0.1) is 11.6 Å². The van der Waals surface area contributed by atoms with Gasteiger partial charge in [-0.2, -0.15) is 5.10 Å². The summed E-state index contributed by atoms with van der Waals surface area (Å²) >= 11 is 0. The molecular weight excluding hydrogens is 310 g/mol. The molecule has 2 aromatic heterocycles. The molecule has 2 heterocycles. The first kappa shape index (κ1) is 14.3. The van der Waals surface area contributed by atoms with Gasteiger partial charge in [-0.25, -0.2) is 13.8 Å². The lowest BCUT2D eigenvalue weighted by Crippen LogP contribution is -1.94. The van der Waals surface area contributed by atoms with Gasteiger partial charge in [-0.05, 0) is 36.4 Å². The summed E-state index contributed by atoms with van der Waals surface area (Å²) in [5.74, 6) is -1.14. The number of aromatic nitrogens is 3. The minimum atomic E-state index is -0.873. The van der Waals surface area contributed by atoms with Gasteiger partial charge in [0.2, 0.25) is 0 Å². The fourth-order valence-electron chi connectivity index (χ4n) is 2.52. The number of nitrogens with one attached hydrogen (secondary N) is 2. The number of hydrogen-bond acceptors (Lipinski definition) is 3. The Hall–Kier alpha value is -3.28. The van der Waals surface area contributed by atoms with Gasteiger partial charge in [0.25, 0.3) is 0 Å².